The van der Waals surface area contributed by atoms with E-state index in [9.17, 15) is 9.59 Å². The molecule has 118 valence electrons. The average Bonchev–Trinajstić information content (AvgIpc) is 2.92. The van der Waals surface area contributed by atoms with Crippen LogP contribution in [0.15, 0.2) is 11.1 Å². The van der Waals surface area contributed by atoms with E-state index < -0.39 is 0 Å². The first kappa shape index (κ1) is 15.2. The summed E-state index contributed by atoms with van der Waals surface area (Å²) in [6, 6.07) is 0. The van der Waals surface area contributed by atoms with Gasteiger partial charge >= 0.3 is 0 Å². The molecule has 0 aliphatic heterocycles. The first-order valence-electron chi connectivity index (χ1n) is 7.85. The molecule has 0 fully saturated rings. The van der Waals surface area contributed by atoms with E-state index in [1.807, 2.05) is 6.92 Å². The predicted octanol–water partition coefficient (Wildman–Crippen LogP) is 2.21. The summed E-state index contributed by atoms with van der Waals surface area (Å²) in [7, 11) is 1.78. The Balaban J connectivity index is 1.90. The lowest BCUT2D eigenvalue weighted by Crippen LogP contribution is -2.29. The van der Waals surface area contributed by atoms with Crippen LogP contribution in [-0.4, -0.2) is 34.0 Å². The number of aryl methyl sites for hydroxylation is 3. The summed E-state index contributed by atoms with van der Waals surface area (Å²) in [4.78, 5) is 32.9. The van der Waals surface area contributed by atoms with Crippen LogP contribution in [0.1, 0.15) is 36.6 Å². The first-order valence-corrected chi connectivity index (χ1v) is 8.67. The summed E-state index contributed by atoms with van der Waals surface area (Å²) >= 11 is 1.66. The topological polar surface area (TPSA) is 55.2 Å². The van der Waals surface area contributed by atoms with E-state index in [0.717, 1.165) is 29.5 Å². The molecule has 1 aliphatic rings. The molecule has 6 heteroatoms. The third kappa shape index (κ3) is 2.67. The molecule has 0 saturated heterocycles. The molecule has 0 aromatic carbocycles. The lowest BCUT2D eigenvalue weighted by atomic mass is 9.97. The number of nitrogens with zero attached hydrogens (tertiary/aromatic N) is 3. The van der Waals surface area contributed by atoms with Gasteiger partial charge in [-0.05, 0) is 38.2 Å². The molecule has 0 N–H and O–H groups in total. The Morgan fingerprint density at radius 2 is 2.18 bits per heavy atom. The van der Waals surface area contributed by atoms with E-state index in [0.29, 0.717) is 19.5 Å². The van der Waals surface area contributed by atoms with Crippen molar-refractivity contribution in [3.63, 3.8) is 0 Å². The molecular weight excluding hydrogens is 298 g/mol. The van der Waals surface area contributed by atoms with Crippen molar-refractivity contribution in [3.8, 4) is 0 Å². The first-order chi connectivity index (χ1) is 10.6. The highest BCUT2D eigenvalue weighted by Gasteiger charge is 2.20. The largest absolute Gasteiger partial charge is 0.346 e. The minimum absolute atomic E-state index is 0.0105. The highest BCUT2D eigenvalue weighted by Crippen LogP contribution is 2.33. The molecule has 1 amide bonds. The Morgan fingerprint density at radius 3 is 2.95 bits per heavy atom. The van der Waals surface area contributed by atoms with Crippen LogP contribution in [0.2, 0.25) is 0 Å². The molecule has 3 rings (SSSR count). The maximum absolute atomic E-state index is 12.7. The summed E-state index contributed by atoms with van der Waals surface area (Å²) in [6.07, 6.45) is 6.32. The van der Waals surface area contributed by atoms with Crippen LogP contribution in [-0.2, 0) is 24.2 Å². The number of carbonyl (C=O) groups is 1. The summed E-state index contributed by atoms with van der Waals surface area (Å²) < 4.78 is 1.59. The minimum atomic E-state index is 0.0105. The molecule has 0 bridgehead atoms. The Hall–Kier alpha value is -1.69. The molecule has 22 heavy (non-hydrogen) atoms. The molecule has 2 heterocycles. The number of thiophene rings is 1. The van der Waals surface area contributed by atoms with Crippen molar-refractivity contribution in [2.45, 2.75) is 45.6 Å². The highest BCUT2D eigenvalue weighted by molar-refractivity contribution is 7.18. The maximum atomic E-state index is 12.7. The van der Waals surface area contributed by atoms with E-state index in [4.69, 9.17) is 0 Å². The normalized spacial score (nSPS) is 14.1. The lowest BCUT2D eigenvalue weighted by Gasteiger charge is -2.14. The van der Waals surface area contributed by atoms with Crippen LogP contribution in [0.25, 0.3) is 10.2 Å². The fraction of sp³-hybridized carbons (Fsp3) is 0.562. The van der Waals surface area contributed by atoms with E-state index in [2.05, 4.69) is 4.98 Å². The average molecular weight is 319 g/mol. The van der Waals surface area contributed by atoms with Crippen LogP contribution in [0.4, 0.5) is 0 Å². The quantitative estimate of drug-likeness (QED) is 0.868. The lowest BCUT2D eigenvalue weighted by molar-refractivity contribution is -0.129. The number of fused-ring (bicyclic) bond motifs is 3. The van der Waals surface area contributed by atoms with Crippen molar-refractivity contribution in [2.24, 2.45) is 0 Å². The van der Waals surface area contributed by atoms with Gasteiger partial charge in [0.25, 0.3) is 5.56 Å². The molecule has 2 aromatic rings. The fourth-order valence-electron chi connectivity index (χ4n) is 2.92. The number of amides is 1. The monoisotopic (exact) mass is 319 g/mol. The highest BCUT2D eigenvalue weighted by atomic mass is 32.1. The van der Waals surface area contributed by atoms with Crippen LogP contribution in [0.3, 0.4) is 0 Å². The molecule has 0 saturated carbocycles. The smallest absolute Gasteiger partial charge is 0.262 e. The molecule has 1 aliphatic carbocycles. The molecule has 0 spiro atoms. The zero-order valence-electron chi connectivity index (χ0n) is 13.1. The van der Waals surface area contributed by atoms with Gasteiger partial charge in [0, 0.05) is 31.4 Å². The van der Waals surface area contributed by atoms with Gasteiger partial charge in [-0.1, -0.05) is 0 Å². The number of hydrogen-bond acceptors (Lipinski definition) is 4. The van der Waals surface area contributed by atoms with Gasteiger partial charge in [-0.25, -0.2) is 4.98 Å². The van der Waals surface area contributed by atoms with E-state index in [1.54, 1.807) is 34.2 Å². The molecule has 0 radical (unpaired) electrons. The minimum Gasteiger partial charge on any atom is -0.346 e. The van der Waals surface area contributed by atoms with E-state index >= 15 is 0 Å². The maximum Gasteiger partial charge on any atom is 0.262 e. The van der Waals surface area contributed by atoms with Crippen LogP contribution in [0.5, 0.6) is 0 Å². The number of aromatic nitrogens is 2. The number of rotatable bonds is 4. The summed E-state index contributed by atoms with van der Waals surface area (Å²) in [5, 5.41) is 0.790. The van der Waals surface area contributed by atoms with Crippen LogP contribution >= 0.6 is 11.3 Å². The van der Waals surface area contributed by atoms with E-state index in [-0.39, 0.29) is 11.5 Å². The Morgan fingerprint density at radius 1 is 1.41 bits per heavy atom. The second kappa shape index (κ2) is 6.20. The van der Waals surface area contributed by atoms with Gasteiger partial charge in [-0.3, -0.25) is 14.2 Å². The van der Waals surface area contributed by atoms with Gasteiger partial charge in [0.05, 0.1) is 11.7 Å². The van der Waals surface area contributed by atoms with Gasteiger partial charge in [0.2, 0.25) is 5.91 Å². The van der Waals surface area contributed by atoms with Crippen LogP contribution < -0.4 is 5.56 Å². The van der Waals surface area contributed by atoms with Gasteiger partial charge in [0.15, 0.2) is 0 Å². The van der Waals surface area contributed by atoms with Crippen molar-refractivity contribution in [1.29, 1.82) is 0 Å². The van der Waals surface area contributed by atoms with Crippen LogP contribution in [0, 0.1) is 0 Å². The number of hydrogen-bond donors (Lipinski definition) is 0. The summed E-state index contributed by atoms with van der Waals surface area (Å²) in [5.41, 5.74) is 1.21. The summed E-state index contributed by atoms with van der Waals surface area (Å²) in [6.45, 7) is 3.02. The van der Waals surface area contributed by atoms with Crippen molar-refractivity contribution >= 4 is 27.5 Å². The molecular formula is C16H21N3O2S. The summed E-state index contributed by atoms with van der Waals surface area (Å²) in [5.74, 6) is 0.0573. The standard InChI is InChI=1S/C16H21N3O2S/c1-3-18(2)13(20)8-9-19-10-17-15-14(16(19)21)11-6-4-5-7-12(11)22-15/h10H,3-9H2,1-2H3. The second-order valence-corrected chi connectivity index (χ2v) is 6.88. The Bertz CT molecular complexity index is 763. The molecule has 0 unspecified atom stereocenters. The van der Waals surface area contributed by atoms with Gasteiger partial charge < -0.3 is 4.90 Å². The predicted molar refractivity (Wildman–Crippen MR) is 88.5 cm³/mol. The van der Waals surface area contributed by atoms with Gasteiger partial charge in [0.1, 0.15) is 4.83 Å². The third-order valence-corrected chi connectivity index (χ3v) is 5.61. The molecule has 5 nitrogen and oxygen atoms in total. The van der Waals surface area contributed by atoms with E-state index in [1.165, 1.54) is 16.9 Å². The zero-order valence-corrected chi connectivity index (χ0v) is 13.9. The van der Waals surface area contributed by atoms with Crippen molar-refractivity contribution in [2.75, 3.05) is 13.6 Å². The third-order valence-electron chi connectivity index (χ3n) is 4.41. The second-order valence-electron chi connectivity index (χ2n) is 5.79. The zero-order chi connectivity index (χ0) is 15.7. The number of carbonyl (C=O) groups excluding carboxylic acids is 1. The van der Waals surface area contributed by atoms with Crippen molar-refractivity contribution in [1.82, 2.24) is 14.5 Å². The molecule has 0 atom stereocenters. The Kier molecular flexibility index (Phi) is 4.29. The fourth-order valence-corrected chi connectivity index (χ4v) is 4.14. The Labute approximate surface area is 133 Å². The van der Waals surface area contributed by atoms with Crippen molar-refractivity contribution in [3.05, 3.63) is 27.1 Å². The molecule has 2 aromatic heterocycles. The van der Waals surface area contributed by atoms with Crippen molar-refractivity contribution < 1.29 is 4.79 Å². The van der Waals surface area contributed by atoms with Gasteiger partial charge in [-0.2, -0.15) is 0 Å². The SMILES string of the molecule is CCN(C)C(=O)CCn1cnc2sc3c(c2c1=O)CCCC3. The van der Waals surface area contributed by atoms with Gasteiger partial charge in [-0.15, -0.1) is 11.3 Å².